The third-order valence-corrected chi connectivity index (χ3v) is 7.22. The molecule has 1 aliphatic rings. The minimum atomic E-state index is -4.28. The smallest absolute Gasteiger partial charge is 0.390 e. The van der Waals surface area contributed by atoms with Crippen molar-refractivity contribution < 1.29 is 35.9 Å². The van der Waals surface area contributed by atoms with Gasteiger partial charge in [0.2, 0.25) is 10.0 Å². The number of halogens is 3. The van der Waals surface area contributed by atoms with E-state index in [0.29, 0.717) is 6.54 Å². The van der Waals surface area contributed by atoms with Crippen molar-refractivity contribution in [2.45, 2.75) is 45.5 Å². The predicted octanol–water partition coefficient (Wildman–Crippen LogP) is 3.21. The van der Waals surface area contributed by atoms with Crippen molar-refractivity contribution in [3.8, 4) is 5.75 Å². The molecule has 0 fully saturated rings. The van der Waals surface area contributed by atoms with Gasteiger partial charge < -0.3 is 14.4 Å². The van der Waals surface area contributed by atoms with E-state index < -0.39 is 28.7 Å². The summed E-state index contributed by atoms with van der Waals surface area (Å²) < 4.78 is 76.6. The Morgan fingerprint density at radius 3 is 2.50 bits per heavy atom. The van der Waals surface area contributed by atoms with Gasteiger partial charge in [0.05, 0.1) is 23.8 Å². The first-order valence-electron chi connectivity index (χ1n) is 11.1. The lowest BCUT2D eigenvalue weighted by atomic mass is 10.0. The lowest BCUT2D eigenvalue weighted by molar-refractivity contribution is -0.140. The van der Waals surface area contributed by atoms with Gasteiger partial charge in [0.25, 0.3) is 5.91 Å². The molecular weight excluding hydrogens is 475 g/mol. The van der Waals surface area contributed by atoms with Gasteiger partial charge in [-0.25, -0.2) is 8.42 Å². The standard InChI is InChI=1S/C22H34F3N3O5S/c1-6-34(30,31)26-17-7-8-19-18(11-17)21(29)27(4)13-20(32-5)15(2)12-28(16(3)14-33-19)10-9-22(23,24)25/h7-8,11,15-16,20,26H,6,9-10,12-14H2,1-5H3/t15-,16+,20+/m0/s1. The van der Waals surface area contributed by atoms with Crippen molar-refractivity contribution in [1.29, 1.82) is 0 Å². The number of carbonyl (C=O) groups is 1. The van der Waals surface area contributed by atoms with E-state index in [0.717, 1.165) is 0 Å². The third-order valence-electron chi connectivity index (χ3n) is 5.91. The second-order valence-electron chi connectivity index (χ2n) is 8.67. The van der Waals surface area contributed by atoms with Crippen LogP contribution in [0.25, 0.3) is 0 Å². The number of carbonyl (C=O) groups excluding carboxylic acids is 1. The van der Waals surface area contributed by atoms with Crippen molar-refractivity contribution in [3.63, 3.8) is 0 Å². The number of nitrogens with one attached hydrogen (secondary N) is 1. The van der Waals surface area contributed by atoms with Crippen LogP contribution < -0.4 is 9.46 Å². The topological polar surface area (TPSA) is 88.2 Å². The number of methoxy groups -OCH3 is 1. The number of likely N-dealkylation sites (N-methyl/N-ethyl adjacent to an activating group) is 1. The molecule has 12 heteroatoms. The Morgan fingerprint density at radius 2 is 1.91 bits per heavy atom. The van der Waals surface area contributed by atoms with E-state index in [9.17, 15) is 26.4 Å². The van der Waals surface area contributed by atoms with Crippen LogP contribution in [-0.4, -0.2) is 88.6 Å². The van der Waals surface area contributed by atoms with E-state index in [1.54, 1.807) is 18.9 Å². The van der Waals surface area contributed by atoms with Crippen molar-refractivity contribution >= 4 is 21.6 Å². The molecule has 0 bridgehead atoms. The summed E-state index contributed by atoms with van der Waals surface area (Å²) in [5.74, 6) is -0.462. The van der Waals surface area contributed by atoms with E-state index in [-0.39, 0.29) is 60.3 Å². The van der Waals surface area contributed by atoms with Crippen molar-refractivity contribution in [1.82, 2.24) is 9.80 Å². The maximum Gasteiger partial charge on any atom is 0.390 e. The first-order chi connectivity index (χ1) is 15.8. The largest absolute Gasteiger partial charge is 0.491 e. The van der Waals surface area contributed by atoms with Crippen molar-refractivity contribution in [2.24, 2.45) is 5.92 Å². The Balaban J connectivity index is 2.42. The Morgan fingerprint density at radius 1 is 1.24 bits per heavy atom. The highest BCUT2D eigenvalue weighted by molar-refractivity contribution is 7.92. The van der Waals surface area contributed by atoms with Gasteiger partial charge in [-0.1, -0.05) is 6.92 Å². The molecule has 3 atom stereocenters. The average Bonchev–Trinajstić information content (AvgIpc) is 2.76. The van der Waals surface area contributed by atoms with E-state index in [2.05, 4.69) is 4.72 Å². The highest BCUT2D eigenvalue weighted by Gasteiger charge is 2.32. The first kappa shape index (κ1) is 28.2. The Bertz CT molecular complexity index is 942. The zero-order chi connectivity index (χ0) is 25.7. The summed E-state index contributed by atoms with van der Waals surface area (Å²) in [6.45, 7) is 5.54. The van der Waals surface area contributed by atoms with Gasteiger partial charge in [0, 0.05) is 45.5 Å². The number of benzene rings is 1. The molecule has 1 aromatic carbocycles. The lowest BCUT2D eigenvalue weighted by Crippen LogP contribution is -2.47. The van der Waals surface area contributed by atoms with Crippen LogP contribution in [0.1, 0.15) is 37.6 Å². The number of hydrogen-bond acceptors (Lipinski definition) is 6. The molecule has 2 rings (SSSR count). The molecule has 1 heterocycles. The van der Waals surface area contributed by atoms with Crippen LogP contribution >= 0.6 is 0 Å². The molecule has 8 nitrogen and oxygen atoms in total. The molecule has 0 radical (unpaired) electrons. The van der Waals surface area contributed by atoms with Crippen LogP contribution in [-0.2, 0) is 14.8 Å². The van der Waals surface area contributed by atoms with Gasteiger partial charge in [-0.3, -0.25) is 14.4 Å². The maximum atomic E-state index is 13.2. The minimum absolute atomic E-state index is 0.0479. The highest BCUT2D eigenvalue weighted by Crippen LogP contribution is 2.27. The number of hydrogen-bond donors (Lipinski definition) is 1. The molecule has 0 unspecified atom stereocenters. The quantitative estimate of drug-likeness (QED) is 0.634. The van der Waals surface area contributed by atoms with Crippen LogP contribution in [0.15, 0.2) is 18.2 Å². The number of nitrogens with zero attached hydrogens (tertiary/aromatic N) is 2. The first-order valence-corrected chi connectivity index (χ1v) is 12.8. The number of alkyl halides is 3. The van der Waals surface area contributed by atoms with Gasteiger partial charge in [0.15, 0.2) is 0 Å². The van der Waals surface area contributed by atoms with E-state index in [4.69, 9.17) is 9.47 Å². The van der Waals surface area contributed by atoms with Gasteiger partial charge in [-0.2, -0.15) is 13.2 Å². The summed E-state index contributed by atoms with van der Waals surface area (Å²) in [7, 11) is -0.469. The Labute approximate surface area is 199 Å². The normalized spacial score (nSPS) is 23.5. The second-order valence-corrected chi connectivity index (χ2v) is 10.7. The molecule has 34 heavy (non-hydrogen) atoms. The zero-order valence-corrected chi connectivity index (χ0v) is 21.0. The van der Waals surface area contributed by atoms with Gasteiger partial charge in [0.1, 0.15) is 12.4 Å². The molecule has 0 saturated carbocycles. The van der Waals surface area contributed by atoms with E-state index in [1.807, 2.05) is 6.92 Å². The van der Waals surface area contributed by atoms with Crippen LogP contribution in [0, 0.1) is 5.92 Å². The van der Waals surface area contributed by atoms with Gasteiger partial charge in [-0.15, -0.1) is 0 Å². The number of rotatable bonds is 6. The van der Waals surface area contributed by atoms with Crippen molar-refractivity contribution in [2.75, 3.05) is 50.9 Å². The third kappa shape index (κ3) is 8.02. The summed E-state index contributed by atoms with van der Waals surface area (Å²) in [5, 5.41) is 0. The van der Waals surface area contributed by atoms with Crippen LogP contribution in [0.2, 0.25) is 0 Å². The number of fused-ring (bicyclic) bond motifs is 1. The highest BCUT2D eigenvalue weighted by atomic mass is 32.2. The molecule has 0 aliphatic carbocycles. The predicted molar refractivity (Wildman–Crippen MR) is 124 cm³/mol. The molecule has 1 aromatic rings. The fourth-order valence-corrected chi connectivity index (χ4v) is 4.38. The summed E-state index contributed by atoms with van der Waals surface area (Å²) >= 11 is 0. The Hall–Kier alpha value is -2.05. The SMILES string of the molecule is CCS(=O)(=O)Nc1ccc2c(c1)C(=O)N(C)C[C@@H](OC)[C@@H](C)CN(CCC(F)(F)F)[C@H](C)CO2. The molecule has 0 aromatic heterocycles. The van der Waals surface area contributed by atoms with Crippen LogP contribution in [0.3, 0.4) is 0 Å². The molecule has 1 aliphatic heterocycles. The Kier molecular flexibility index (Phi) is 9.61. The summed E-state index contributed by atoms with van der Waals surface area (Å²) in [6.07, 6.45) is -5.65. The number of amides is 1. The van der Waals surface area contributed by atoms with Crippen LogP contribution in [0.4, 0.5) is 18.9 Å². The lowest BCUT2D eigenvalue weighted by Gasteiger charge is -2.36. The maximum absolute atomic E-state index is 13.2. The monoisotopic (exact) mass is 509 g/mol. The second kappa shape index (κ2) is 11.6. The minimum Gasteiger partial charge on any atom is -0.491 e. The molecule has 0 spiro atoms. The average molecular weight is 510 g/mol. The van der Waals surface area contributed by atoms with E-state index >= 15 is 0 Å². The summed E-state index contributed by atoms with van der Waals surface area (Å²) in [5.41, 5.74) is 0.366. The fraction of sp³-hybridized carbons (Fsp3) is 0.682. The molecule has 194 valence electrons. The molecular formula is C22H34F3N3O5S. The molecule has 1 N–H and O–H groups in total. The van der Waals surface area contributed by atoms with E-state index in [1.165, 1.54) is 37.1 Å². The van der Waals surface area contributed by atoms with Crippen molar-refractivity contribution in [3.05, 3.63) is 23.8 Å². The number of sulfonamides is 1. The van der Waals surface area contributed by atoms with Gasteiger partial charge >= 0.3 is 6.18 Å². The fourth-order valence-electron chi connectivity index (χ4n) is 3.75. The number of anilines is 1. The molecule has 1 amide bonds. The van der Waals surface area contributed by atoms with Crippen LogP contribution in [0.5, 0.6) is 5.75 Å². The van der Waals surface area contributed by atoms with Gasteiger partial charge in [-0.05, 0) is 38.0 Å². The zero-order valence-electron chi connectivity index (χ0n) is 20.2. The summed E-state index contributed by atoms with van der Waals surface area (Å²) in [6, 6.07) is 4.01. The summed E-state index contributed by atoms with van der Waals surface area (Å²) in [4.78, 5) is 16.4. The number of ether oxygens (including phenoxy) is 2. The molecule has 0 saturated heterocycles.